The van der Waals surface area contributed by atoms with Crippen molar-refractivity contribution in [1.29, 1.82) is 0 Å². The van der Waals surface area contributed by atoms with E-state index >= 15 is 0 Å². The van der Waals surface area contributed by atoms with Gasteiger partial charge in [0.2, 0.25) is 0 Å². The maximum Gasteiger partial charge on any atom is 0.316 e. The van der Waals surface area contributed by atoms with Crippen LogP contribution >= 0.6 is 11.8 Å². The van der Waals surface area contributed by atoms with E-state index in [0.717, 1.165) is 22.7 Å². The highest BCUT2D eigenvalue weighted by Gasteiger charge is 2.10. The summed E-state index contributed by atoms with van der Waals surface area (Å²) in [6, 6.07) is 2.10. The lowest BCUT2D eigenvalue weighted by molar-refractivity contribution is -0.137. The van der Waals surface area contributed by atoms with Gasteiger partial charge in [-0.2, -0.15) is 0 Å². The number of hydrogen-bond donors (Lipinski definition) is 1. The summed E-state index contributed by atoms with van der Waals surface area (Å²) < 4.78 is 4.61. The monoisotopic (exact) mass is 282 g/mol. The Bertz CT molecular complexity index is 442. The molecule has 1 heterocycles. The van der Waals surface area contributed by atoms with Crippen molar-refractivity contribution in [3.8, 4) is 0 Å². The van der Waals surface area contributed by atoms with Crippen LogP contribution in [-0.2, 0) is 16.1 Å². The summed E-state index contributed by atoms with van der Waals surface area (Å²) in [5, 5.41) is 4.30. The number of nitrogens with one attached hydrogen (secondary N) is 1. The number of aryl methyl sites for hydroxylation is 1. The first-order valence-corrected chi connectivity index (χ1v) is 7.20. The molecule has 0 aliphatic rings. The minimum absolute atomic E-state index is 0.0895. The van der Waals surface area contributed by atoms with E-state index in [4.69, 9.17) is 0 Å². The van der Waals surface area contributed by atoms with Gasteiger partial charge in [0.1, 0.15) is 0 Å². The van der Waals surface area contributed by atoms with Crippen molar-refractivity contribution in [2.24, 2.45) is 0 Å². The Hall–Kier alpha value is -1.07. The second-order valence-corrected chi connectivity index (χ2v) is 6.40. The third-order valence-corrected chi connectivity index (χ3v) is 3.54. The van der Waals surface area contributed by atoms with Gasteiger partial charge in [-0.05, 0) is 38.8 Å². The molecule has 0 spiro atoms. The Morgan fingerprint density at radius 1 is 1.47 bits per heavy atom. The zero-order chi connectivity index (χ0) is 14.5. The highest BCUT2D eigenvalue weighted by atomic mass is 32.2. The van der Waals surface area contributed by atoms with Crippen molar-refractivity contribution < 1.29 is 9.53 Å². The zero-order valence-corrected chi connectivity index (χ0v) is 13.1. The highest BCUT2D eigenvalue weighted by molar-refractivity contribution is 7.99. The molecule has 1 rings (SSSR count). The van der Waals surface area contributed by atoms with Crippen LogP contribution in [0.5, 0.6) is 0 Å². The van der Waals surface area contributed by atoms with Crippen molar-refractivity contribution in [2.45, 2.75) is 44.8 Å². The molecule has 0 radical (unpaired) electrons. The molecule has 19 heavy (non-hydrogen) atoms. The predicted molar refractivity (Wildman–Crippen MR) is 78.3 cm³/mol. The Morgan fingerprint density at radius 2 is 2.16 bits per heavy atom. The lowest BCUT2D eigenvalue weighted by atomic mass is 10.1. The largest absolute Gasteiger partial charge is 0.468 e. The third-order valence-electron chi connectivity index (χ3n) is 2.46. The van der Waals surface area contributed by atoms with E-state index in [9.17, 15) is 4.79 Å². The van der Waals surface area contributed by atoms with Crippen LogP contribution in [0, 0.1) is 6.92 Å². The van der Waals surface area contributed by atoms with E-state index in [1.54, 1.807) is 0 Å². The van der Waals surface area contributed by atoms with E-state index in [0.29, 0.717) is 5.75 Å². The Labute approximate surface area is 119 Å². The van der Waals surface area contributed by atoms with Crippen molar-refractivity contribution in [1.82, 2.24) is 10.3 Å². The number of rotatable bonds is 5. The van der Waals surface area contributed by atoms with Gasteiger partial charge < -0.3 is 10.1 Å². The summed E-state index contributed by atoms with van der Waals surface area (Å²) in [6.07, 6.45) is 1.85. The number of carbonyl (C=O) groups is 1. The molecule has 0 saturated heterocycles. The zero-order valence-electron chi connectivity index (χ0n) is 12.2. The number of methoxy groups -OCH3 is 1. The SMILES string of the molecule is COC(=O)CSc1ncc(CNC(C)(C)C)cc1C. The molecule has 0 unspecified atom stereocenters. The number of thioether (sulfide) groups is 1. The lowest BCUT2D eigenvalue weighted by Gasteiger charge is -2.20. The molecule has 1 aromatic heterocycles. The molecule has 0 fully saturated rings. The molecule has 1 aromatic rings. The van der Waals surface area contributed by atoms with Gasteiger partial charge >= 0.3 is 5.97 Å². The van der Waals surface area contributed by atoms with Crippen LogP contribution in [0.3, 0.4) is 0 Å². The number of carbonyl (C=O) groups excluding carboxylic acids is 1. The van der Waals surface area contributed by atoms with E-state index in [1.807, 2.05) is 13.1 Å². The van der Waals surface area contributed by atoms with Crippen molar-refractivity contribution in [2.75, 3.05) is 12.9 Å². The van der Waals surface area contributed by atoms with Crippen LogP contribution in [0.1, 0.15) is 31.9 Å². The lowest BCUT2D eigenvalue weighted by Crippen LogP contribution is -2.35. The fraction of sp³-hybridized carbons (Fsp3) is 0.571. The first-order chi connectivity index (χ1) is 8.81. The molecule has 0 aromatic carbocycles. The van der Waals surface area contributed by atoms with Crippen LogP contribution in [0.25, 0.3) is 0 Å². The highest BCUT2D eigenvalue weighted by Crippen LogP contribution is 2.20. The average molecular weight is 282 g/mol. The number of pyridine rings is 1. The fourth-order valence-electron chi connectivity index (χ4n) is 1.42. The molecule has 4 nitrogen and oxygen atoms in total. The van der Waals surface area contributed by atoms with Gasteiger partial charge in [0.05, 0.1) is 17.9 Å². The van der Waals surface area contributed by atoms with E-state index in [2.05, 4.69) is 41.9 Å². The second kappa shape index (κ2) is 6.91. The van der Waals surface area contributed by atoms with E-state index in [-0.39, 0.29) is 11.5 Å². The smallest absolute Gasteiger partial charge is 0.316 e. The fourth-order valence-corrected chi connectivity index (χ4v) is 2.21. The van der Waals surface area contributed by atoms with Gasteiger partial charge in [-0.1, -0.05) is 17.8 Å². The molecular weight excluding hydrogens is 260 g/mol. The number of esters is 1. The minimum Gasteiger partial charge on any atom is -0.468 e. The molecule has 5 heteroatoms. The van der Waals surface area contributed by atoms with Crippen LogP contribution in [-0.4, -0.2) is 29.4 Å². The predicted octanol–water partition coefficient (Wildman–Crippen LogP) is 2.54. The molecule has 0 saturated carbocycles. The maximum absolute atomic E-state index is 11.1. The van der Waals surface area contributed by atoms with Crippen molar-refractivity contribution in [3.05, 3.63) is 23.4 Å². The molecule has 0 bridgehead atoms. The van der Waals surface area contributed by atoms with Crippen LogP contribution < -0.4 is 5.32 Å². The first-order valence-electron chi connectivity index (χ1n) is 6.22. The van der Waals surface area contributed by atoms with E-state index in [1.165, 1.54) is 18.9 Å². The van der Waals surface area contributed by atoms with E-state index < -0.39 is 0 Å². The maximum atomic E-state index is 11.1. The molecule has 0 atom stereocenters. The van der Waals surface area contributed by atoms with Gasteiger partial charge in [-0.25, -0.2) is 4.98 Å². The van der Waals surface area contributed by atoms with Gasteiger partial charge in [0, 0.05) is 18.3 Å². The summed E-state index contributed by atoms with van der Waals surface area (Å²) in [6.45, 7) is 9.20. The molecule has 0 aliphatic carbocycles. The van der Waals surface area contributed by atoms with Crippen molar-refractivity contribution >= 4 is 17.7 Å². The van der Waals surface area contributed by atoms with Crippen LogP contribution in [0.15, 0.2) is 17.3 Å². The molecule has 106 valence electrons. The number of nitrogens with zero attached hydrogens (tertiary/aromatic N) is 1. The second-order valence-electron chi connectivity index (χ2n) is 5.43. The number of ether oxygens (including phenoxy) is 1. The summed E-state index contributed by atoms with van der Waals surface area (Å²) in [5.41, 5.74) is 2.32. The van der Waals surface area contributed by atoms with Gasteiger partial charge in [0.15, 0.2) is 0 Å². The summed E-state index contributed by atoms with van der Waals surface area (Å²) >= 11 is 1.41. The minimum atomic E-state index is -0.232. The third kappa shape index (κ3) is 6.07. The number of hydrogen-bond acceptors (Lipinski definition) is 5. The first kappa shape index (κ1) is 16.0. The van der Waals surface area contributed by atoms with Gasteiger partial charge in [-0.3, -0.25) is 4.79 Å². The number of aromatic nitrogens is 1. The standard InChI is InChI=1S/C14H22N2O2S/c1-10-6-11(8-16-14(2,3)4)7-15-13(10)19-9-12(17)18-5/h6-7,16H,8-9H2,1-5H3. The summed E-state index contributed by atoms with van der Waals surface area (Å²) in [7, 11) is 1.39. The Balaban J connectivity index is 2.61. The molecule has 1 N–H and O–H groups in total. The Kier molecular flexibility index (Phi) is 5.82. The quantitative estimate of drug-likeness (QED) is 0.664. The molecular formula is C14H22N2O2S. The van der Waals surface area contributed by atoms with Gasteiger partial charge in [0.25, 0.3) is 0 Å². The normalized spacial score (nSPS) is 11.4. The molecule has 0 aliphatic heterocycles. The van der Waals surface area contributed by atoms with Crippen molar-refractivity contribution in [3.63, 3.8) is 0 Å². The van der Waals surface area contributed by atoms with Crippen LogP contribution in [0.4, 0.5) is 0 Å². The van der Waals surface area contributed by atoms with Gasteiger partial charge in [-0.15, -0.1) is 0 Å². The topological polar surface area (TPSA) is 51.2 Å². The molecule has 0 amide bonds. The summed E-state index contributed by atoms with van der Waals surface area (Å²) in [4.78, 5) is 15.5. The average Bonchev–Trinajstić information content (AvgIpc) is 2.34. The van der Waals surface area contributed by atoms with Crippen LogP contribution in [0.2, 0.25) is 0 Å². The Morgan fingerprint density at radius 3 is 2.68 bits per heavy atom. The summed E-state index contributed by atoms with van der Waals surface area (Å²) in [5.74, 6) is 0.0638.